The zero-order valence-electron chi connectivity index (χ0n) is 20.7. The number of pyridine rings is 2. The first-order valence-corrected chi connectivity index (χ1v) is 12.9. The van der Waals surface area contributed by atoms with Gasteiger partial charge in [-0.1, -0.05) is 36.4 Å². The van der Waals surface area contributed by atoms with Crippen LogP contribution in [-0.2, 0) is 32.6 Å². The Bertz CT molecular complexity index is 1180. The van der Waals surface area contributed by atoms with E-state index in [9.17, 15) is 0 Å². The molecule has 3 N–H and O–H groups in total. The molecule has 0 amide bonds. The van der Waals surface area contributed by atoms with Gasteiger partial charge in [0.1, 0.15) is 5.82 Å². The lowest BCUT2D eigenvalue weighted by atomic mass is 9.90. The van der Waals surface area contributed by atoms with Crippen molar-refractivity contribution in [3.05, 3.63) is 113 Å². The van der Waals surface area contributed by atoms with E-state index in [4.69, 9.17) is 4.98 Å². The fourth-order valence-corrected chi connectivity index (χ4v) is 4.94. The number of rotatable bonds is 12. The van der Waals surface area contributed by atoms with Gasteiger partial charge < -0.3 is 15.6 Å². The summed E-state index contributed by atoms with van der Waals surface area (Å²) >= 11 is 0. The van der Waals surface area contributed by atoms with Crippen molar-refractivity contribution in [2.75, 3.05) is 13.1 Å². The normalized spacial score (nSPS) is 15.2. The average molecular weight is 482 g/mol. The summed E-state index contributed by atoms with van der Waals surface area (Å²) < 4.78 is 0. The molecule has 7 nitrogen and oxygen atoms in total. The van der Waals surface area contributed by atoms with E-state index >= 15 is 0 Å². The summed E-state index contributed by atoms with van der Waals surface area (Å²) in [6.07, 6.45) is 10.9. The summed E-state index contributed by atoms with van der Waals surface area (Å²) in [6, 6.07) is 19.7. The number of nitrogens with zero attached hydrogens (tertiary/aromatic N) is 4. The molecule has 1 unspecified atom stereocenters. The molecule has 1 aliphatic rings. The Balaban J connectivity index is 1.21. The minimum absolute atomic E-state index is 0.347. The highest BCUT2D eigenvalue weighted by atomic mass is 15.2. The molecule has 4 aromatic rings. The van der Waals surface area contributed by atoms with Crippen molar-refractivity contribution < 1.29 is 0 Å². The summed E-state index contributed by atoms with van der Waals surface area (Å²) in [7, 11) is 0. The molecule has 0 bridgehead atoms. The Morgan fingerprint density at radius 1 is 0.833 bits per heavy atom. The van der Waals surface area contributed by atoms with Crippen molar-refractivity contribution in [2.24, 2.45) is 0 Å². The molecule has 0 aliphatic heterocycles. The Kier molecular flexibility index (Phi) is 8.46. The van der Waals surface area contributed by atoms with Crippen LogP contribution in [0.25, 0.3) is 0 Å². The van der Waals surface area contributed by atoms with Gasteiger partial charge in [0.05, 0.1) is 24.0 Å². The van der Waals surface area contributed by atoms with Gasteiger partial charge in [-0.3, -0.25) is 14.9 Å². The smallest absolute Gasteiger partial charge is 0.120 e. The Morgan fingerprint density at radius 2 is 1.72 bits per heavy atom. The van der Waals surface area contributed by atoms with E-state index in [-0.39, 0.29) is 0 Å². The Labute approximate surface area is 213 Å². The van der Waals surface area contributed by atoms with Gasteiger partial charge >= 0.3 is 0 Å². The molecule has 1 aliphatic carbocycles. The van der Waals surface area contributed by atoms with Gasteiger partial charge in [-0.05, 0) is 54.2 Å². The standard InChI is InChI=1S/C29H35N7/c1-2-13-32-26(7-1)20-31-19-23-9-11-24(12-10-23)22-36(18-17-30-21-28-33-15-16-34-28)27-8-3-5-25-6-4-14-35-29(25)27/h1-2,4,6-7,9-16,27,30-31H,3,5,8,17-22H2,(H,33,34). The molecular formula is C29H35N7. The minimum Gasteiger partial charge on any atom is -0.348 e. The van der Waals surface area contributed by atoms with E-state index in [1.54, 1.807) is 6.20 Å². The molecule has 5 rings (SSSR count). The van der Waals surface area contributed by atoms with Gasteiger partial charge in [-0.2, -0.15) is 0 Å². The quantitative estimate of drug-likeness (QED) is 0.264. The zero-order valence-corrected chi connectivity index (χ0v) is 20.7. The third kappa shape index (κ3) is 6.63. The zero-order chi connectivity index (χ0) is 24.4. The minimum atomic E-state index is 0.347. The second kappa shape index (κ2) is 12.5. The average Bonchev–Trinajstić information content (AvgIpc) is 3.45. The van der Waals surface area contributed by atoms with Crippen LogP contribution in [0.15, 0.2) is 79.4 Å². The first kappa shape index (κ1) is 24.3. The van der Waals surface area contributed by atoms with Gasteiger partial charge in [0.15, 0.2) is 0 Å². The molecule has 7 heteroatoms. The highest BCUT2D eigenvalue weighted by Gasteiger charge is 2.27. The molecule has 0 saturated carbocycles. The molecule has 0 fully saturated rings. The number of nitrogens with one attached hydrogen (secondary N) is 3. The van der Waals surface area contributed by atoms with Crippen LogP contribution in [0, 0.1) is 0 Å². The maximum atomic E-state index is 4.81. The molecule has 0 saturated heterocycles. The lowest BCUT2D eigenvalue weighted by Gasteiger charge is -2.35. The van der Waals surface area contributed by atoms with E-state index in [0.29, 0.717) is 6.04 Å². The molecule has 0 spiro atoms. The van der Waals surface area contributed by atoms with Gasteiger partial charge in [-0.25, -0.2) is 4.98 Å². The van der Waals surface area contributed by atoms with E-state index in [2.05, 4.69) is 66.9 Å². The number of H-pyrrole nitrogens is 1. The number of aryl methyl sites for hydroxylation is 1. The van der Waals surface area contributed by atoms with Gasteiger partial charge in [0.25, 0.3) is 0 Å². The predicted molar refractivity (Wildman–Crippen MR) is 142 cm³/mol. The molecule has 3 heterocycles. The Morgan fingerprint density at radius 3 is 2.56 bits per heavy atom. The molecule has 186 valence electrons. The van der Waals surface area contributed by atoms with Crippen LogP contribution in [0.4, 0.5) is 0 Å². The van der Waals surface area contributed by atoms with Crippen LogP contribution in [0.3, 0.4) is 0 Å². The van der Waals surface area contributed by atoms with Crippen molar-refractivity contribution in [3.63, 3.8) is 0 Å². The number of aromatic nitrogens is 4. The lowest BCUT2D eigenvalue weighted by Crippen LogP contribution is -2.36. The number of benzene rings is 1. The van der Waals surface area contributed by atoms with Crippen LogP contribution < -0.4 is 10.6 Å². The summed E-state index contributed by atoms with van der Waals surface area (Å²) in [5.74, 6) is 0.971. The second-order valence-electron chi connectivity index (χ2n) is 9.38. The van der Waals surface area contributed by atoms with E-state index in [1.165, 1.54) is 28.8 Å². The molecule has 3 aromatic heterocycles. The van der Waals surface area contributed by atoms with Gasteiger partial charge in [-0.15, -0.1) is 0 Å². The number of aromatic amines is 1. The van der Waals surface area contributed by atoms with Crippen molar-refractivity contribution in [1.29, 1.82) is 0 Å². The SMILES string of the molecule is c1ccc(CNCc2ccc(CN(CCNCc3ncc[nH]3)C3CCCc4cccnc43)cc2)nc1. The monoisotopic (exact) mass is 481 g/mol. The maximum absolute atomic E-state index is 4.81. The van der Waals surface area contributed by atoms with E-state index < -0.39 is 0 Å². The van der Waals surface area contributed by atoms with E-state index in [0.717, 1.165) is 63.6 Å². The lowest BCUT2D eigenvalue weighted by molar-refractivity contribution is 0.166. The molecule has 1 aromatic carbocycles. The van der Waals surface area contributed by atoms with Crippen molar-refractivity contribution in [3.8, 4) is 0 Å². The van der Waals surface area contributed by atoms with Crippen LogP contribution in [0.2, 0.25) is 0 Å². The van der Waals surface area contributed by atoms with Crippen LogP contribution in [-0.4, -0.2) is 37.9 Å². The van der Waals surface area contributed by atoms with Crippen LogP contribution >= 0.6 is 0 Å². The number of hydrogen-bond acceptors (Lipinski definition) is 6. The second-order valence-corrected chi connectivity index (χ2v) is 9.38. The summed E-state index contributed by atoms with van der Waals surface area (Å²) in [5, 5.41) is 7.03. The number of imidazole rings is 1. The summed E-state index contributed by atoms with van der Waals surface area (Å²) in [6.45, 7) is 5.11. The first-order valence-electron chi connectivity index (χ1n) is 12.9. The molecule has 0 radical (unpaired) electrons. The van der Waals surface area contributed by atoms with Gasteiger partial charge in [0, 0.05) is 57.5 Å². The van der Waals surface area contributed by atoms with Crippen molar-refractivity contribution in [1.82, 2.24) is 35.5 Å². The van der Waals surface area contributed by atoms with Gasteiger partial charge in [0.2, 0.25) is 0 Å². The highest BCUT2D eigenvalue weighted by Crippen LogP contribution is 2.33. The summed E-state index contributed by atoms with van der Waals surface area (Å²) in [4.78, 5) is 19.3. The van der Waals surface area contributed by atoms with Crippen LogP contribution in [0.1, 0.15) is 52.8 Å². The fourth-order valence-electron chi connectivity index (χ4n) is 4.94. The van der Waals surface area contributed by atoms with Crippen molar-refractivity contribution in [2.45, 2.75) is 51.5 Å². The Hall–Kier alpha value is -3.39. The highest BCUT2D eigenvalue weighted by molar-refractivity contribution is 5.27. The predicted octanol–water partition coefficient (Wildman–Crippen LogP) is 4.16. The maximum Gasteiger partial charge on any atom is 0.120 e. The third-order valence-electron chi connectivity index (χ3n) is 6.80. The van der Waals surface area contributed by atoms with Crippen LogP contribution in [0.5, 0.6) is 0 Å². The fraction of sp³-hybridized carbons (Fsp3) is 0.345. The van der Waals surface area contributed by atoms with E-state index in [1.807, 2.05) is 36.8 Å². The number of fused-ring (bicyclic) bond motifs is 1. The molecule has 1 atom stereocenters. The number of hydrogen-bond donors (Lipinski definition) is 3. The van der Waals surface area contributed by atoms with Crippen molar-refractivity contribution >= 4 is 0 Å². The molecular weight excluding hydrogens is 446 g/mol. The summed E-state index contributed by atoms with van der Waals surface area (Å²) in [5.41, 5.74) is 6.33. The topological polar surface area (TPSA) is 81.8 Å². The molecule has 36 heavy (non-hydrogen) atoms. The largest absolute Gasteiger partial charge is 0.348 e. The third-order valence-corrected chi connectivity index (χ3v) is 6.80. The first-order chi connectivity index (χ1) is 17.8.